The highest BCUT2D eigenvalue weighted by molar-refractivity contribution is 9.09. The number of methoxy groups -OCH3 is 1. The summed E-state index contributed by atoms with van der Waals surface area (Å²) in [5.41, 5.74) is 0.510. The molecule has 1 aliphatic rings. The molecule has 0 N–H and O–H groups in total. The first kappa shape index (κ1) is 15.5. The number of nitrogens with zero attached hydrogens (tertiary/aromatic N) is 1. The minimum Gasteiger partial charge on any atom is -0.383 e. The summed E-state index contributed by atoms with van der Waals surface area (Å²) in [6.45, 7) is 7.72. The fourth-order valence-electron chi connectivity index (χ4n) is 2.99. The lowest BCUT2D eigenvalue weighted by atomic mass is 9.75. The maximum Gasteiger partial charge on any atom is 0.0615 e. The van der Waals surface area contributed by atoms with E-state index in [1.54, 1.807) is 7.11 Å². The van der Waals surface area contributed by atoms with Crippen LogP contribution in [-0.4, -0.2) is 43.1 Å². The van der Waals surface area contributed by atoms with Gasteiger partial charge in [0.25, 0.3) is 0 Å². The monoisotopic (exact) mass is 305 g/mol. The number of hydrogen-bond donors (Lipinski definition) is 0. The Morgan fingerprint density at radius 3 is 2.41 bits per heavy atom. The first-order chi connectivity index (χ1) is 8.17. The molecule has 0 aromatic carbocycles. The van der Waals surface area contributed by atoms with Gasteiger partial charge in [-0.3, -0.25) is 4.90 Å². The van der Waals surface area contributed by atoms with Gasteiger partial charge in [0.1, 0.15) is 0 Å². The summed E-state index contributed by atoms with van der Waals surface area (Å²) in [7, 11) is 1.80. The van der Waals surface area contributed by atoms with Gasteiger partial charge in [0.15, 0.2) is 0 Å². The molecule has 17 heavy (non-hydrogen) atoms. The smallest absolute Gasteiger partial charge is 0.0615 e. The second-order valence-electron chi connectivity index (χ2n) is 5.56. The molecule has 0 bridgehead atoms. The third kappa shape index (κ3) is 4.53. The van der Waals surface area contributed by atoms with Gasteiger partial charge < -0.3 is 4.74 Å². The number of halogens is 1. The predicted octanol–water partition coefficient (Wildman–Crippen LogP) is 3.69. The third-order valence-electron chi connectivity index (χ3n) is 4.17. The van der Waals surface area contributed by atoms with Gasteiger partial charge in [0.05, 0.1) is 6.61 Å². The summed E-state index contributed by atoms with van der Waals surface area (Å²) in [5.74, 6) is 0. The Morgan fingerprint density at radius 2 is 1.94 bits per heavy atom. The van der Waals surface area contributed by atoms with Gasteiger partial charge in [-0.15, -0.1) is 0 Å². The molecule has 0 amide bonds. The van der Waals surface area contributed by atoms with Crippen LogP contribution < -0.4 is 0 Å². The Morgan fingerprint density at radius 1 is 1.29 bits per heavy atom. The number of alkyl halides is 1. The molecule has 1 saturated carbocycles. The lowest BCUT2D eigenvalue weighted by Crippen LogP contribution is -2.45. The minimum absolute atomic E-state index is 0.510. The fourth-order valence-corrected chi connectivity index (χ4v) is 3.73. The molecule has 3 heteroatoms. The number of rotatable bonds is 7. The van der Waals surface area contributed by atoms with Crippen LogP contribution in [0.5, 0.6) is 0 Å². The zero-order chi connectivity index (χ0) is 12.7. The molecule has 0 saturated heterocycles. The van der Waals surface area contributed by atoms with Crippen LogP contribution in [-0.2, 0) is 4.74 Å². The Kier molecular flexibility index (Phi) is 7.05. The van der Waals surface area contributed by atoms with Gasteiger partial charge in [-0.05, 0) is 31.7 Å². The summed E-state index contributed by atoms with van der Waals surface area (Å²) >= 11 is 3.76. The van der Waals surface area contributed by atoms with Crippen molar-refractivity contribution in [2.75, 3.05) is 32.1 Å². The summed E-state index contributed by atoms with van der Waals surface area (Å²) < 4.78 is 5.29. The van der Waals surface area contributed by atoms with E-state index in [1.807, 2.05) is 0 Å². The molecule has 0 aromatic rings. The van der Waals surface area contributed by atoms with Gasteiger partial charge in [0, 0.05) is 25.0 Å². The first-order valence-electron chi connectivity index (χ1n) is 6.96. The second kappa shape index (κ2) is 7.75. The highest BCUT2D eigenvalue weighted by atomic mass is 79.9. The van der Waals surface area contributed by atoms with Crippen molar-refractivity contribution in [2.24, 2.45) is 5.41 Å². The summed E-state index contributed by atoms with van der Waals surface area (Å²) in [4.78, 5) is 2.58. The van der Waals surface area contributed by atoms with E-state index < -0.39 is 0 Å². The van der Waals surface area contributed by atoms with Crippen LogP contribution >= 0.6 is 15.9 Å². The Hall–Kier alpha value is 0.400. The van der Waals surface area contributed by atoms with Crippen molar-refractivity contribution < 1.29 is 4.74 Å². The van der Waals surface area contributed by atoms with Crippen LogP contribution in [0.15, 0.2) is 0 Å². The van der Waals surface area contributed by atoms with Crippen LogP contribution in [0.2, 0.25) is 0 Å². The van der Waals surface area contributed by atoms with Crippen LogP contribution in [0, 0.1) is 5.41 Å². The van der Waals surface area contributed by atoms with Crippen molar-refractivity contribution in [3.8, 4) is 0 Å². The molecule has 0 aliphatic heterocycles. The Bertz CT molecular complexity index is 204. The van der Waals surface area contributed by atoms with Crippen LogP contribution in [0.3, 0.4) is 0 Å². The standard InChI is InChI=1S/C14H28BrNO/c1-4-16(13(2)10-17-3)12-14(11-15)8-6-5-7-9-14/h13H,4-12H2,1-3H3. The Labute approximate surface area is 115 Å². The van der Waals surface area contributed by atoms with E-state index in [0.717, 1.165) is 18.5 Å². The van der Waals surface area contributed by atoms with Gasteiger partial charge >= 0.3 is 0 Å². The first-order valence-corrected chi connectivity index (χ1v) is 8.08. The number of ether oxygens (including phenoxy) is 1. The van der Waals surface area contributed by atoms with Gasteiger partial charge in [0.2, 0.25) is 0 Å². The van der Waals surface area contributed by atoms with E-state index in [2.05, 4.69) is 34.7 Å². The second-order valence-corrected chi connectivity index (χ2v) is 6.12. The number of hydrogen-bond acceptors (Lipinski definition) is 2. The average molecular weight is 306 g/mol. The van der Waals surface area contributed by atoms with Crippen molar-refractivity contribution in [3.05, 3.63) is 0 Å². The van der Waals surface area contributed by atoms with E-state index in [-0.39, 0.29) is 0 Å². The van der Waals surface area contributed by atoms with Gasteiger partial charge in [-0.2, -0.15) is 0 Å². The van der Waals surface area contributed by atoms with Crippen molar-refractivity contribution in [2.45, 2.75) is 52.0 Å². The maximum atomic E-state index is 5.29. The Balaban J connectivity index is 2.57. The van der Waals surface area contributed by atoms with E-state index >= 15 is 0 Å². The molecular weight excluding hydrogens is 278 g/mol. The molecule has 1 rings (SSSR count). The summed E-state index contributed by atoms with van der Waals surface area (Å²) in [6.07, 6.45) is 7.00. The van der Waals surface area contributed by atoms with Crippen molar-refractivity contribution >= 4 is 15.9 Å². The van der Waals surface area contributed by atoms with Gasteiger partial charge in [-0.1, -0.05) is 42.1 Å². The molecule has 2 nitrogen and oxygen atoms in total. The fraction of sp³-hybridized carbons (Fsp3) is 1.00. The molecular formula is C14H28BrNO. The highest BCUT2D eigenvalue weighted by Gasteiger charge is 2.33. The largest absolute Gasteiger partial charge is 0.383 e. The molecule has 0 aromatic heterocycles. The SMILES string of the molecule is CCN(CC1(CBr)CCCCC1)C(C)COC. The minimum atomic E-state index is 0.510. The van der Waals surface area contributed by atoms with Gasteiger partial charge in [-0.25, -0.2) is 0 Å². The van der Waals surface area contributed by atoms with Crippen LogP contribution in [0.1, 0.15) is 46.0 Å². The average Bonchev–Trinajstić information content (AvgIpc) is 2.37. The van der Waals surface area contributed by atoms with E-state index in [0.29, 0.717) is 11.5 Å². The summed E-state index contributed by atoms with van der Waals surface area (Å²) in [6, 6.07) is 0.530. The van der Waals surface area contributed by atoms with Crippen molar-refractivity contribution in [1.29, 1.82) is 0 Å². The highest BCUT2D eigenvalue weighted by Crippen LogP contribution is 2.38. The molecule has 1 unspecified atom stereocenters. The predicted molar refractivity (Wildman–Crippen MR) is 77.9 cm³/mol. The summed E-state index contributed by atoms with van der Waals surface area (Å²) in [5, 5.41) is 1.15. The zero-order valence-electron chi connectivity index (χ0n) is 11.7. The van der Waals surface area contributed by atoms with Crippen molar-refractivity contribution in [3.63, 3.8) is 0 Å². The van der Waals surface area contributed by atoms with Crippen LogP contribution in [0.25, 0.3) is 0 Å². The molecule has 1 atom stereocenters. The topological polar surface area (TPSA) is 12.5 Å². The van der Waals surface area contributed by atoms with Crippen LogP contribution in [0.4, 0.5) is 0 Å². The molecule has 0 heterocycles. The molecule has 1 fully saturated rings. The van der Waals surface area contributed by atoms with E-state index in [1.165, 1.54) is 38.6 Å². The lowest BCUT2D eigenvalue weighted by molar-refractivity contribution is 0.0592. The lowest BCUT2D eigenvalue weighted by Gasteiger charge is -2.41. The molecule has 102 valence electrons. The van der Waals surface area contributed by atoms with E-state index in [9.17, 15) is 0 Å². The zero-order valence-corrected chi connectivity index (χ0v) is 13.3. The van der Waals surface area contributed by atoms with E-state index in [4.69, 9.17) is 4.74 Å². The quantitative estimate of drug-likeness (QED) is 0.665. The number of likely N-dealkylation sites (N-methyl/N-ethyl adjacent to an activating group) is 1. The van der Waals surface area contributed by atoms with Crippen molar-refractivity contribution in [1.82, 2.24) is 4.90 Å². The molecule has 1 aliphatic carbocycles. The maximum absolute atomic E-state index is 5.29. The molecule has 0 spiro atoms. The third-order valence-corrected chi connectivity index (χ3v) is 5.36. The normalized spacial score (nSPS) is 21.7. The molecule has 0 radical (unpaired) electrons.